The maximum absolute atomic E-state index is 13.2. The van der Waals surface area contributed by atoms with Crippen LogP contribution in [0.4, 0.5) is 5.69 Å². The largest absolute Gasteiger partial charge is 0.457 e. The monoisotopic (exact) mass is 523 g/mol. The Morgan fingerprint density at radius 3 is 2.33 bits per heavy atom. The average Bonchev–Trinajstić information content (AvgIpc) is 2.82. The van der Waals surface area contributed by atoms with Crippen molar-refractivity contribution in [2.45, 2.75) is 52.6 Å². The van der Waals surface area contributed by atoms with E-state index < -0.39 is 17.5 Å². The predicted molar refractivity (Wildman–Crippen MR) is 145 cm³/mol. The molecule has 0 unspecified atom stereocenters. The Morgan fingerprint density at radius 2 is 1.78 bits per heavy atom. The molecular formula is C28H30ClN3O3S. The SMILES string of the molecule is CCc1ccc(NC(=O)CSC2=C(C#N)[C@H](c3ccc(Cl)cc3)C(C(=O)OC(C)(C)C)=C(C)N2)cc1. The highest BCUT2D eigenvalue weighted by Gasteiger charge is 2.37. The molecule has 1 heterocycles. The van der Waals surface area contributed by atoms with Crippen LogP contribution in [0, 0.1) is 11.3 Å². The van der Waals surface area contributed by atoms with Gasteiger partial charge in [0, 0.05) is 16.4 Å². The Bertz CT molecular complexity index is 1240. The fourth-order valence-electron chi connectivity index (χ4n) is 3.78. The van der Waals surface area contributed by atoms with Gasteiger partial charge in [0.05, 0.1) is 33.9 Å². The van der Waals surface area contributed by atoms with E-state index in [1.54, 1.807) is 52.0 Å². The summed E-state index contributed by atoms with van der Waals surface area (Å²) in [5, 5.41) is 17.3. The summed E-state index contributed by atoms with van der Waals surface area (Å²) in [6.07, 6.45) is 0.924. The van der Waals surface area contributed by atoms with Crippen LogP contribution in [0.15, 0.2) is 70.4 Å². The molecule has 1 amide bonds. The number of aryl methyl sites for hydroxylation is 1. The standard InChI is InChI=1S/C28H30ClN3O3S/c1-6-18-7-13-21(14-8-18)32-23(33)16-36-26-22(15-30)25(19-9-11-20(29)12-10-19)24(17(2)31-26)27(34)35-28(3,4)5/h7-14,25,31H,6,16H2,1-5H3,(H,32,33)/t25-/m0/s1. The number of nitrogens with one attached hydrogen (secondary N) is 2. The zero-order chi connectivity index (χ0) is 26.5. The number of benzene rings is 2. The van der Waals surface area contributed by atoms with Crippen molar-refractivity contribution in [2.24, 2.45) is 0 Å². The summed E-state index contributed by atoms with van der Waals surface area (Å²) in [4.78, 5) is 25.8. The van der Waals surface area contributed by atoms with Gasteiger partial charge in [-0.3, -0.25) is 4.79 Å². The minimum atomic E-state index is -0.701. The molecule has 2 aromatic rings. The van der Waals surface area contributed by atoms with Gasteiger partial charge in [0.2, 0.25) is 5.91 Å². The van der Waals surface area contributed by atoms with Crippen LogP contribution in [0.25, 0.3) is 0 Å². The molecule has 1 aliphatic rings. The van der Waals surface area contributed by atoms with E-state index in [1.165, 1.54) is 17.3 Å². The molecule has 6 nitrogen and oxygen atoms in total. The van der Waals surface area contributed by atoms with E-state index in [9.17, 15) is 14.9 Å². The smallest absolute Gasteiger partial charge is 0.337 e. The van der Waals surface area contributed by atoms with Gasteiger partial charge in [-0.15, -0.1) is 0 Å². The molecule has 36 heavy (non-hydrogen) atoms. The molecule has 0 bridgehead atoms. The van der Waals surface area contributed by atoms with Crippen molar-refractivity contribution in [1.82, 2.24) is 5.32 Å². The lowest BCUT2D eigenvalue weighted by atomic mass is 9.82. The van der Waals surface area contributed by atoms with E-state index in [0.29, 0.717) is 32.6 Å². The summed E-state index contributed by atoms with van der Waals surface area (Å²) < 4.78 is 5.67. The van der Waals surface area contributed by atoms with Crippen molar-refractivity contribution in [3.63, 3.8) is 0 Å². The lowest BCUT2D eigenvalue weighted by molar-refractivity contribution is -0.150. The Morgan fingerprint density at radius 1 is 1.14 bits per heavy atom. The van der Waals surface area contributed by atoms with Gasteiger partial charge in [0.1, 0.15) is 5.60 Å². The van der Waals surface area contributed by atoms with Crippen LogP contribution in [-0.4, -0.2) is 23.2 Å². The van der Waals surface area contributed by atoms with E-state index in [-0.39, 0.29) is 11.7 Å². The Balaban J connectivity index is 1.88. The van der Waals surface area contributed by atoms with E-state index in [0.717, 1.165) is 12.0 Å². The summed E-state index contributed by atoms with van der Waals surface area (Å²) in [6.45, 7) is 9.23. The molecule has 1 atom stereocenters. The number of thioether (sulfide) groups is 1. The molecule has 0 radical (unpaired) electrons. The molecule has 0 saturated carbocycles. The molecule has 0 aromatic heterocycles. The van der Waals surface area contributed by atoms with Gasteiger partial charge in [-0.2, -0.15) is 5.26 Å². The van der Waals surface area contributed by atoms with Gasteiger partial charge >= 0.3 is 5.97 Å². The van der Waals surface area contributed by atoms with Crippen molar-refractivity contribution >= 4 is 40.9 Å². The second-order valence-electron chi connectivity index (χ2n) is 9.39. The number of dihydropyridines is 1. The first-order valence-electron chi connectivity index (χ1n) is 11.6. The minimum Gasteiger partial charge on any atom is -0.457 e. The normalized spacial score (nSPS) is 15.8. The van der Waals surface area contributed by atoms with Gasteiger partial charge in [-0.05, 0) is 69.5 Å². The third kappa shape index (κ3) is 6.93. The van der Waals surface area contributed by atoms with E-state index in [2.05, 4.69) is 23.6 Å². The van der Waals surface area contributed by atoms with Gasteiger partial charge in [0.25, 0.3) is 0 Å². The molecule has 0 fully saturated rings. The third-order valence-electron chi connectivity index (χ3n) is 5.46. The van der Waals surface area contributed by atoms with Crippen LogP contribution in [0.2, 0.25) is 5.02 Å². The highest BCUT2D eigenvalue weighted by Crippen LogP contribution is 2.41. The first kappa shape index (κ1) is 27.4. The Hall–Kier alpha value is -3.21. The molecule has 0 spiro atoms. The van der Waals surface area contributed by atoms with Gasteiger partial charge in [-0.25, -0.2) is 4.79 Å². The number of hydrogen-bond donors (Lipinski definition) is 2. The molecule has 2 aromatic carbocycles. The lowest BCUT2D eigenvalue weighted by Gasteiger charge is -2.31. The summed E-state index contributed by atoms with van der Waals surface area (Å²) in [6, 6.07) is 17.0. The number of rotatable bonds is 7. The van der Waals surface area contributed by atoms with E-state index in [1.807, 2.05) is 24.3 Å². The predicted octanol–water partition coefficient (Wildman–Crippen LogP) is 6.31. The quantitative estimate of drug-likeness (QED) is 0.413. The number of halogens is 1. The fraction of sp³-hybridized carbons (Fsp3) is 0.321. The number of allylic oxidation sites excluding steroid dienone is 2. The number of carbonyl (C=O) groups excluding carboxylic acids is 2. The van der Waals surface area contributed by atoms with Crippen molar-refractivity contribution in [3.05, 3.63) is 86.6 Å². The molecule has 2 N–H and O–H groups in total. The lowest BCUT2D eigenvalue weighted by Crippen LogP contribution is -2.32. The summed E-state index contributed by atoms with van der Waals surface area (Å²) in [5.41, 5.74) is 3.20. The summed E-state index contributed by atoms with van der Waals surface area (Å²) in [7, 11) is 0. The molecule has 3 rings (SSSR count). The highest BCUT2D eigenvalue weighted by molar-refractivity contribution is 8.03. The fourth-order valence-corrected chi connectivity index (χ4v) is 4.80. The number of anilines is 1. The number of amides is 1. The van der Waals surface area contributed by atoms with Gasteiger partial charge < -0.3 is 15.4 Å². The van der Waals surface area contributed by atoms with Crippen molar-refractivity contribution in [2.75, 3.05) is 11.1 Å². The van der Waals surface area contributed by atoms with Crippen LogP contribution in [0.1, 0.15) is 51.7 Å². The van der Waals surface area contributed by atoms with Gasteiger partial charge in [-0.1, -0.05) is 54.6 Å². The van der Waals surface area contributed by atoms with E-state index >= 15 is 0 Å². The molecular weight excluding hydrogens is 494 g/mol. The average molecular weight is 524 g/mol. The van der Waals surface area contributed by atoms with Crippen LogP contribution in [-0.2, 0) is 20.7 Å². The van der Waals surface area contributed by atoms with Crippen LogP contribution in [0.5, 0.6) is 0 Å². The zero-order valence-electron chi connectivity index (χ0n) is 21.1. The third-order valence-corrected chi connectivity index (χ3v) is 6.73. The number of nitrogens with zero attached hydrogens (tertiary/aromatic N) is 1. The second kappa shape index (κ2) is 11.7. The molecule has 0 saturated heterocycles. The second-order valence-corrected chi connectivity index (χ2v) is 10.8. The molecule has 8 heteroatoms. The first-order valence-corrected chi connectivity index (χ1v) is 13.0. The maximum Gasteiger partial charge on any atom is 0.337 e. The topological polar surface area (TPSA) is 91.2 Å². The number of hydrogen-bond acceptors (Lipinski definition) is 6. The number of esters is 1. The maximum atomic E-state index is 13.2. The summed E-state index contributed by atoms with van der Waals surface area (Å²) >= 11 is 7.31. The first-order chi connectivity index (χ1) is 17.0. The Labute approximate surface area is 221 Å². The molecule has 188 valence electrons. The Kier molecular flexibility index (Phi) is 8.89. The number of ether oxygens (including phenoxy) is 1. The highest BCUT2D eigenvalue weighted by atomic mass is 35.5. The summed E-state index contributed by atoms with van der Waals surface area (Å²) in [5.74, 6) is -1.27. The van der Waals surface area contributed by atoms with Crippen LogP contribution in [0.3, 0.4) is 0 Å². The van der Waals surface area contributed by atoms with Crippen LogP contribution >= 0.6 is 23.4 Å². The molecule has 0 aliphatic carbocycles. The van der Waals surface area contributed by atoms with Crippen molar-refractivity contribution in [1.29, 1.82) is 5.26 Å². The van der Waals surface area contributed by atoms with E-state index in [4.69, 9.17) is 16.3 Å². The van der Waals surface area contributed by atoms with Crippen molar-refractivity contribution < 1.29 is 14.3 Å². The number of carbonyl (C=O) groups is 2. The van der Waals surface area contributed by atoms with Crippen molar-refractivity contribution in [3.8, 4) is 6.07 Å². The van der Waals surface area contributed by atoms with Crippen LogP contribution < -0.4 is 10.6 Å². The van der Waals surface area contributed by atoms with Gasteiger partial charge in [0.15, 0.2) is 0 Å². The minimum absolute atomic E-state index is 0.0887. The molecule has 1 aliphatic heterocycles. The zero-order valence-corrected chi connectivity index (χ0v) is 22.6. The number of nitriles is 1.